The van der Waals surface area contributed by atoms with Crippen LogP contribution in [-0.4, -0.2) is 0 Å². The van der Waals surface area contributed by atoms with Crippen LogP contribution in [0, 0.1) is 0 Å². The third-order valence-corrected chi connectivity index (χ3v) is 12.2. The van der Waals surface area contributed by atoms with Crippen LogP contribution in [0.2, 0.25) is 0 Å². The average molecular weight is 718 g/mol. The van der Waals surface area contributed by atoms with Gasteiger partial charge in [-0.05, 0) is 128 Å². The molecule has 1 aliphatic carbocycles. The molecule has 0 atom stereocenters. The maximum atomic E-state index is 6.58. The van der Waals surface area contributed by atoms with E-state index in [2.05, 4.69) is 195 Å². The molecule has 56 heavy (non-hydrogen) atoms. The molecule has 0 amide bonds. The Bertz CT molecular complexity index is 3380. The Kier molecular flexibility index (Phi) is 6.40. The molecule has 9 aromatic carbocycles. The highest BCUT2D eigenvalue weighted by atomic mass is 16.3. The van der Waals surface area contributed by atoms with Crippen LogP contribution >= 0.6 is 0 Å². The Morgan fingerprint density at radius 1 is 0.357 bits per heavy atom. The van der Waals surface area contributed by atoms with Crippen molar-refractivity contribution in [2.75, 3.05) is 4.90 Å². The molecule has 0 radical (unpaired) electrons. The molecule has 2 heterocycles. The van der Waals surface area contributed by atoms with Crippen molar-refractivity contribution in [3.05, 3.63) is 187 Å². The molecule has 0 N–H and O–H groups in total. The SMILES string of the molecule is CC1(C)c2ccccc2-c2ccc(N(c3ccc(-c4ccccc4)cc3)c3ccc4cc5oc6cc7c(cc6c5cc4c3)oc3cc4ccccc4cc37)cc21. The van der Waals surface area contributed by atoms with E-state index in [4.69, 9.17) is 8.83 Å². The van der Waals surface area contributed by atoms with Crippen molar-refractivity contribution in [3.63, 3.8) is 0 Å². The quantitative estimate of drug-likeness (QED) is 0.182. The lowest BCUT2D eigenvalue weighted by Crippen LogP contribution is -2.16. The number of furan rings is 2. The van der Waals surface area contributed by atoms with Crippen LogP contribution in [0.4, 0.5) is 17.1 Å². The van der Waals surface area contributed by atoms with E-state index in [1.54, 1.807) is 0 Å². The summed E-state index contributed by atoms with van der Waals surface area (Å²) in [4.78, 5) is 2.40. The van der Waals surface area contributed by atoms with E-state index in [0.717, 1.165) is 71.7 Å². The lowest BCUT2D eigenvalue weighted by molar-refractivity contribution is 0.660. The Balaban J connectivity index is 1.02. The van der Waals surface area contributed by atoms with Crippen molar-refractivity contribution in [1.82, 2.24) is 0 Å². The predicted molar refractivity (Wildman–Crippen MR) is 234 cm³/mol. The lowest BCUT2D eigenvalue weighted by Gasteiger charge is -2.28. The van der Waals surface area contributed by atoms with Crippen LogP contribution in [0.5, 0.6) is 0 Å². The normalized spacial score (nSPS) is 13.3. The topological polar surface area (TPSA) is 29.5 Å². The number of nitrogens with zero attached hydrogens (tertiary/aromatic N) is 1. The number of hydrogen-bond donors (Lipinski definition) is 0. The van der Waals surface area contributed by atoms with E-state index in [-0.39, 0.29) is 5.41 Å². The molecule has 0 saturated carbocycles. The third-order valence-electron chi connectivity index (χ3n) is 12.2. The van der Waals surface area contributed by atoms with E-state index in [1.807, 2.05) is 0 Å². The molecule has 3 heteroatoms. The van der Waals surface area contributed by atoms with Crippen molar-refractivity contribution in [2.24, 2.45) is 0 Å². The van der Waals surface area contributed by atoms with Crippen molar-refractivity contribution in [2.45, 2.75) is 19.3 Å². The van der Waals surface area contributed by atoms with Crippen molar-refractivity contribution < 1.29 is 8.83 Å². The van der Waals surface area contributed by atoms with Crippen LogP contribution in [0.25, 0.3) is 87.7 Å². The molecule has 11 aromatic rings. The van der Waals surface area contributed by atoms with E-state index in [0.29, 0.717) is 0 Å². The summed E-state index contributed by atoms with van der Waals surface area (Å²) in [7, 11) is 0. The smallest absolute Gasteiger partial charge is 0.136 e. The minimum atomic E-state index is -0.110. The van der Waals surface area contributed by atoms with Gasteiger partial charge in [-0.25, -0.2) is 0 Å². The van der Waals surface area contributed by atoms with E-state index in [1.165, 1.54) is 44.2 Å². The van der Waals surface area contributed by atoms with Gasteiger partial charge in [0.2, 0.25) is 0 Å². The Hall–Kier alpha value is -7.10. The minimum Gasteiger partial charge on any atom is -0.456 e. The first kappa shape index (κ1) is 31.3. The largest absolute Gasteiger partial charge is 0.456 e. The summed E-state index contributed by atoms with van der Waals surface area (Å²) in [5.74, 6) is 0. The summed E-state index contributed by atoms with van der Waals surface area (Å²) >= 11 is 0. The van der Waals surface area contributed by atoms with Gasteiger partial charge in [0.25, 0.3) is 0 Å². The fraction of sp³-hybridized carbons (Fsp3) is 0.0566. The molecule has 0 unspecified atom stereocenters. The summed E-state index contributed by atoms with van der Waals surface area (Å²) < 4.78 is 13.1. The zero-order chi connectivity index (χ0) is 37.1. The molecular weight excluding hydrogens is 683 g/mol. The molecule has 3 nitrogen and oxygen atoms in total. The van der Waals surface area contributed by atoms with Crippen LogP contribution < -0.4 is 4.90 Å². The van der Waals surface area contributed by atoms with E-state index >= 15 is 0 Å². The standard InChI is InChI=1S/C53H35NO2/c1-53(2)47-15-9-8-14-41(47)42-23-22-40(29-48(42)53)54(38-19-16-33(17-20-38)32-10-4-3-5-11-32)39-21-18-36-28-50-44(26-37(36)24-39)46-31-51-45(30-52(46)56-50)43-25-34-12-6-7-13-35(34)27-49(43)55-51/h3-31H,1-2H3. The molecule has 0 fully saturated rings. The van der Waals surface area contributed by atoms with Gasteiger partial charge in [0.1, 0.15) is 22.3 Å². The first-order valence-electron chi connectivity index (χ1n) is 19.3. The van der Waals surface area contributed by atoms with Crippen molar-refractivity contribution in [3.8, 4) is 22.3 Å². The van der Waals surface area contributed by atoms with Crippen LogP contribution in [0.15, 0.2) is 185 Å². The van der Waals surface area contributed by atoms with Gasteiger partial charge in [-0.15, -0.1) is 0 Å². The van der Waals surface area contributed by atoms with Crippen LogP contribution in [0.1, 0.15) is 25.0 Å². The molecule has 0 aliphatic heterocycles. The number of benzene rings is 9. The number of fused-ring (bicyclic) bond motifs is 11. The van der Waals surface area contributed by atoms with Gasteiger partial charge in [0.05, 0.1) is 0 Å². The molecule has 12 rings (SSSR count). The Morgan fingerprint density at radius 3 is 1.59 bits per heavy atom. The van der Waals surface area contributed by atoms with Gasteiger partial charge in [-0.1, -0.05) is 117 Å². The summed E-state index contributed by atoms with van der Waals surface area (Å²) in [6, 6.07) is 63.7. The molecule has 264 valence electrons. The van der Waals surface area contributed by atoms with Gasteiger partial charge in [-0.2, -0.15) is 0 Å². The number of anilines is 3. The summed E-state index contributed by atoms with van der Waals surface area (Å²) in [5.41, 5.74) is 14.5. The fourth-order valence-corrected chi connectivity index (χ4v) is 9.31. The predicted octanol–water partition coefficient (Wildman–Crippen LogP) is 15.2. The summed E-state index contributed by atoms with van der Waals surface area (Å²) in [6.07, 6.45) is 0. The van der Waals surface area contributed by atoms with Gasteiger partial charge in [0, 0.05) is 44.0 Å². The van der Waals surface area contributed by atoms with Gasteiger partial charge < -0.3 is 13.7 Å². The number of rotatable bonds is 4. The van der Waals surface area contributed by atoms with E-state index < -0.39 is 0 Å². The van der Waals surface area contributed by atoms with Gasteiger partial charge >= 0.3 is 0 Å². The number of hydrogen-bond acceptors (Lipinski definition) is 3. The zero-order valence-electron chi connectivity index (χ0n) is 31.0. The second kappa shape index (κ2) is 11.5. The molecule has 1 aliphatic rings. The molecule has 2 aromatic heterocycles. The average Bonchev–Trinajstić information content (AvgIpc) is 3.84. The minimum absolute atomic E-state index is 0.110. The maximum Gasteiger partial charge on any atom is 0.136 e. The van der Waals surface area contributed by atoms with Crippen LogP contribution in [0.3, 0.4) is 0 Å². The third kappa shape index (κ3) is 4.58. The monoisotopic (exact) mass is 717 g/mol. The Morgan fingerprint density at radius 2 is 0.857 bits per heavy atom. The second-order valence-electron chi connectivity index (χ2n) is 15.8. The molecule has 0 bridgehead atoms. The fourth-order valence-electron chi connectivity index (χ4n) is 9.31. The first-order chi connectivity index (χ1) is 27.5. The van der Waals surface area contributed by atoms with Crippen molar-refractivity contribution >= 4 is 82.5 Å². The zero-order valence-corrected chi connectivity index (χ0v) is 31.0. The van der Waals surface area contributed by atoms with Crippen molar-refractivity contribution in [1.29, 1.82) is 0 Å². The highest BCUT2D eigenvalue weighted by molar-refractivity contribution is 6.18. The van der Waals surface area contributed by atoms with Gasteiger partial charge in [-0.3, -0.25) is 0 Å². The highest BCUT2D eigenvalue weighted by Gasteiger charge is 2.35. The highest BCUT2D eigenvalue weighted by Crippen LogP contribution is 2.51. The first-order valence-corrected chi connectivity index (χ1v) is 19.3. The molecular formula is C53H35NO2. The lowest BCUT2D eigenvalue weighted by atomic mass is 9.82. The van der Waals surface area contributed by atoms with E-state index in [9.17, 15) is 0 Å². The maximum absolute atomic E-state index is 6.58. The summed E-state index contributed by atoms with van der Waals surface area (Å²) in [6.45, 7) is 4.69. The van der Waals surface area contributed by atoms with Gasteiger partial charge in [0.15, 0.2) is 0 Å². The van der Waals surface area contributed by atoms with Crippen LogP contribution in [-0.2, 0) is 5.41 Å². The molecule has 0 saturated heterocycles. The Labute approximate surface area is 323 Å². The molecule has 0 spiro atoms. The summed E-state index contributed by atoms with van der Waals surface area (Å²) in [5, 5.41) is 8.95. The second-order valence-corrected chi connectivity index (χ2v) is 15.8.